The molecule has 0 spiro atoms. The molecule has 66 valence electrons. The van der Waals surface area contributed by atoms with Crippen LogP contribution in [0.5, 0.6) is 0 Å². The van der Waals surface area contributed by atoms with Crippen LogP contribution in [0.4, 0.5) is 0 Å². The van der Waals surface area contributed by atoms with Crippen molar-refractivity contribution < 1.29 is 0 Å². The molecule has 0 radical (unpaired) electrons. The van der Waals surface area contributed by atoms with Crippen LogP contribution in [0.15, 0.2) is 0 Å². The zero-order chi connectivity index (χ0) is 8.77. The summed E-state index contributed by atoms with van der Waals surface area (Å²) in [6.07, 6.45) is 3.52. The van der Waals surface area contributed by atoms with Gasteiger partial charge in [-0.05, 0) is 40.0 Å². The fourth-order valence-electron chi connectivity index (χ4n) is 1.74. The summed E-state index contributed by atoms with van der Waals surface area (Å²) < 4.78 is 2.06. The predicted octanol–water partition coefficient (Wildman–Crippen LogP) is 1.52. The van der Waals surface area contributed by atoms with Crippen LogP contribution in [-0.4, -0.2) is 15.0 Å². The third-order valence-electron chi connectivity index (χ3n) is 2.31. The summed E-state index contributed by atoms with van der Waals surface area (Å²) in [6, 6.07) is 0. The molecule has 1 aliphatic carbocycles. The molecule has 1 aromatic rings. The highest BCUT2D eigenvalue weighted by Gasteiger charge is 2.24. The first-order chi connectivity index (χ1) is 5.59. The van der Waals surface area contributed by atoms with Gasteiger partial charge in [-0.15, -0.1) is 5.10 Å². The van der Waals surface area contributed by atoms with Crippen LogP contribution in [-0.2, 0) is 18.4 Å². The lowest BCUT2D eigenvalue weighted by atomic mass is 10.1. The molecule has 0 saturated heterocycles. The van der Waals surface area contributed by atoms with Gasteiger partial charge in [0, 0.05) is 0 Å². The molecule has 1 aliphatic rings. The highest BCUT2D eigenvalue weighted by molar-refractivity contribution is 5.17. The van der Waals surface area contributed by atoms with E-state index in [1.54, 1.807) is 0 Å². The average Bonchev–Trinajstić information content (AvgIpc) is 2.37. The quantitative estimate of drug-likeness (QED) is 0.583. The number of rotatable bonds is 0. The van der Waals surface area contributed by atoms with E-state index in [1.165, 1.54) is 17.8 Å². The molecule has 1 heterocycles. The monoisotopic (exact) mass is 165 g/mol. The number of aromatic nitrogens is 3. The average molecular weight is 165 g/mol. The minimum atomic E-state index is 0.0882. The molecule has 3 heteroatoms. The topological polar surface area (TPSA) is 30.7 Å². The zero-order valence-corrected chi connectivity index (χ0v) is 7.96. The molecule has 0 atom stereocenters. The van der Waals surface area contributed by atoms with Crippen LogP contribution < -0.4 is 0 Å². The van der Waals surface area contributed by atoms with Crippen LogP contribution in [0, 0.1) is 0 Å². The fraction of sp³-hybridized carbons (Fsp3) is 0.778. The van der Waals surface area contributed by atoms with Gasteiger partial charge in [0.05, 0.1) is 16.9 Å². The van der Waals surface area contributed by atoms with Gasteiger partial charge in [0.2, 0.25) is 0 Å². The Morgan fingerprint density at radius 2 is 2.00 bits per heavy atom. The van der Waals surface area contributed by atoms with Gasteiger partial charge in [-0.1, -0.05) is 5.21 Å². The van der Waals surface area contributed by atoms with Gasteiger partial charge in [0.25, 0.3) is 0 Å². The predicted molar refractivity (Wildman–Crippen MR) is 47.0 cm³/mol. The Balaban J connectivity index is 2.46. The van der Waals surface area contributed by atoms with E-state index < -0.39 is 0 Å². The molecule has 0 aromatic carbocycles. The molecule has 1 aromatic heterocycles. The third-order valence-corrected chi connectivity index (χ3v) is 2.31. The zero-order valence-electron chi connectivity index (χ0n) is 7.96. The largest absolute Gasteiger partial charge is 0.244 e. The number of aryl methyl sites for hydroxylation is 1. The molecule has 2 rings (SSSR count). The van der Waals surface area contributed by atoms with E-state index in [4.69, 9.17) is 0 Å². The summed E-state index contributed by atoms with van der Waals surface area (Å²) in [5.41, 5.74) is 2.65. The maximum atomic E-state index is 4.18. The summed E-state index contributed by atoms with van der Waals surface area (Å²) in [5.74, 6) is 0. The molecule has 12 heavy (non-hydrogen) atoms. The number of hydrogen-bond acceptors (Lipinski definition) is 2. The standard InChI is InChI=1S/C9H15N3/c1-9(2,3)12-8-6-4-5-7(8)10-11-12/h4-6H2,1-3H3. The molecule has 0 unspecified atom stereocenters. The molecule has 0 saturated carbocycles. The summed E-state index contributed by atoms with van der Waals surface area (Å²) in [7, 11) is 0. The number of nitrogens with zero attached hydrogens (tertiary/aromatic N) is 3. The Labute approximate surface area is 72.8 Å². The van der Waals surface area contributed by atoms with Crippen LogP contribution in [0.3, 0.4) is 0 Å². The van der Waals surface area contributed by atoms with Crippen molar-refractivity contribution in [3.05, 3.63) is 11.4 Å². The second kappa shape index (κ2) is 2.31. The lowest BCUT2D eigenvalue weighted by molar-refractivity contribution is 0.335. The van der Waals surface area contributed by atoms with Crippen LogP contribution in [0.2, 0.25) is 0 Å². The summed E-state index contributed by atoms with van der Waals surface area (Å²) in [6.45, 7) is 6.50. The van der Waals surface area contributed by atoms with Gasteiger partial charge in [-0.3, -0.25) is 0 Å². The lowest BCUT2D eigenvalue weighted by Gasteiger charge is -2.20. The van der Waals surface area contributed by atoms with Gasteiger partial charge >= 0.3 is 0 Å². The van der Waals surface area contributed by atoms with Gasteiger partial charge in [0.15, 0.2) is 0 Å². The maximum Gasteiger partial charge on any atom is 0.0859 e. The van der Waals surface area contributed by atoms with Gasteiger partial charge in [0.1, 0.15) is 0 Å². The molecular weight excluding hydrogens is 150 g/mol. The van der Waals surface area contributed by atoms with Crippen LogP contribution >= 0.6 is 0 Å². The normalized spacial score (nSPS) is 16.6. The Morgan fingerprint density at radius 1 is 1.25 bits per heavy atom. The third kappa shape index (κ3) is 1.04. The van der Waals surface area contributed by atoms with Gasteiger partial charge < -0.3 is 0 Å². The van der Waals surface area contributed by atoms with E-state index >= 15 is 0 Å². The summed E-state index contributed by atoms with van der Waals surface area (Å²) in [5, 5.41) is 8.35. The van der Waals surface area contributed by atoms with Crippen molar-refractivity contribution >= 4 is 0 Å². The minimum absolute atomic E-state index is 0.0882. The summed E-state index contributed by atoms with van der Waals surface area (Å²) >= 11 is 0. The molecule has 3 nitrogen and oxygen atoms in total. The second-order valence-corrected chi connectivity index (χ2v) is 4.42. The van der Waals surface area contributed by atoms with E-state index in [1.807, 2.05) is 0 Å². The van der Waals surface area contributed by atoms with Crippen LogP contribution in [0.1, 0.15) is 38.6 Å². The molecule has 0 N–H and O–H groups in total. The summed E-state index contributed by atoms with van der Waals surface area (Å²) in [4.78, 5) is 0. The van der Waals surface area contributed by atoms with Crippen molar-refractivity contribution in [1.29, 1.82) is 0 Å². The van der Waals surface area contributed by atoms with Crippen molar-refractivity contribution in [3.63, 3.8) is 0 Å². The Hall–Kier alpha value is -0.860. The van der Waals surface area contributed by atoms with Gasteiger partial charge in [-0.2, -0.15) is 0 Å². The molecular formula is C9H15N3. The SMILES string of the molecule is CC(C)(C)n1nnc2c1CCC2. The highest BCUT2D eigenvalue weighted by atomic mass is 15.5. The Bertz CT molecular complexity index is 293. The van der Waals surface area contributed by atoms with E-state index in [2.05, 4.69) is 35.8 Å². The van der Waals surface area contributed by atoms with Crippen molar-refractivity contribution in [2.45, 2.75) is 45.6 Å². The molecule has 0 amide bonds. The molecule has 0 aliphatic heterocycles. The first-order valence-corrected chi connectivity index (χ1v) is 4.53. The Morgan fingerprint density at radius 3 is 2.67 bits per heavy atom. The lowest BCUT2D eigenvalue weighted by Crippen LogP contribution is -2.25. The number of hydrogen-bond donors (Lipinski definition) is 0. The van der Waals surface area contributed by atoms with E-state index in [0.717, 1.165) is 12.8 Å². The molecule has 0 bridgehead atoms. The maximum absolute atomic E-state index is 4.18. The van der Waals surface area contributed by atoms with Crippen LogP contribution in [0.25, 0.3) is 0 Å². The van der Waals surface area contributed by atoms with E-state index in [9.17, 15) is 0 Å². The van der Waals surface area contributed by atoms with E-state index in [0.29, 0.717) is 0 Å². The smallest absolute Gasteiger partial charge is 0.0859 e. The van der Waals surface area contributed by atoms with Crippen molar-refractivity contribution in [3.8, 4) is 0 Å². The first-order valence-electron chi connectivity index (χ1n) is 4.53. The fourth-order valence-corrected chi connectivity index (χ4v) is 1.74. The van der Waals surface area contributed by atoms with Crippen molar-refractivity contribution in [2.24, 2.45) is 0 Å². The first kappa shape index (κ1) is 7.77. The highest BCUT2D eigenvalue weighted by Crippen LogP contribution is 2.24. The van der Waals surface area contributed by atoms with E-state index in [-0.39, 0.29) is 5.54 Å². The Kier molecular flexibility index (Phi) is 1.50. The number of fused-ring (bicyclic) bond motifs is 1. The second-order valence-electron chi connectivity index (χ2n) is 4.42. The van der Waals surface area contributed by atoms with Crippen molar-refractivity contribution in [2.75, 3.05) is 0 Å². The molecule has 0 fully saturated rings. The van der Waals surface area contributed by atoms with Crippen molar-refractivity contribution in [1.82, 2.24) is 15.0 Å². The van der Waals surface area contributed by atoms with Gasteiger partial charge in [-0.25, -0.2) is 4.68 Å². The minimum Gasteiger partial charge on any atom is -0.244 e.